The summed E-state index contributed by atoms with van der Waals surface area (Å²) >= 11 is 7.48. The van der Waals surface area contributed by atoms with Gasteiger partial charge in [0.1, 0.15) is 0 Å². The number of aromatic nitrogens is 1. The minimum Gasteiger partial charge on any atom is -0.326 e. The van der Waals surface area contributed by atoms with Crippen molar-refractivity contribution in [2.45, 2.75) is 24.9 Å². The van der Waals surface area contributed by atoms with Crippen LogP contribution in [0.5, 0.6) is 0 Å². The summed E-state index contributed by atoms with van der Waals surface area (Å²) in [7, 11) is -2.05. The summed E-state index contributed by atoms with van der Waals surface area (Å²) in [4.78, 5) is 5.21. The van der Waals surface area contributed by atoms with Crippen molar-refractivity contribution < 1.29 is 8.42 Å². The van der Waals surface area contributed by atoms with E-state index in [2.05, 4.69) is 4.98 Å². The summed E-state index contributed by atoms with van der Waals surface area (Å²) < 4.78 is 26.4. The monoisotopic (exact) mass is 345 g/mol. The molecule has 2 N–H and O–H groups in total. The first kappa shape index (κ1) is 16.4. The van der Waals surface area contributed by atoms with E-state index in [1.165, 1.54) is 27.8 Å². The highest BCUT2D eigenvalue weighted by molar-refractivity contribution is 7.89. The van der Waals surface area contributed by atoms with Crippen LogP contribution in [0.15, 0.2) is 28.6 Å². The maximum Gasteiger partial charge on any atom is 0.243 e. The topological polar surface area (TPSA) is 76.3 Å². The molecule has 0 aliphatic heterocycles. The summed E-state index contributed by atoms with van der Waals surface area (Å²) in [6, 6.07) is 4.61. The van der Waals surface area contributed by atoms with Crippen LogP contribution in [0.25, 0.3) is 0 Å². The number of benzene rings is 1. The van der Waals surface area contributed by atoms with Crippen LogP contribution in [0.2, 0.25) is 5.02 Å². The zero-order chi connectivity index (χ0) is 15.6. The van der Waals surface area contributed by atoms with Gasteiger partial charge in [-0.1, -0.05) is 17.7 Å². The van der Waals surface area contributed by atoms with Crippen molar-refractivity contribution in [1.82, 2.24) is 9.29 Å². The molecule has 114 valence electrons. The van der Waals surface area contributed by atoms with Crippen LogP contribution < -0.4 is 5.73 Å². The molecular formula is C13H16ClN3O2S2. The van der Waals surface area contributed by atoms with Crippen molar-refractivity contribution in [3.05, 3.63) is 44.9 Å². The van der Waals surface area contributed by atoms with Crippen molar-refractivity contribution in [3.63, 3.8) is 0 Å². The fourth-order valence-corrected chi connectivity index (χ4v) is 4.20. The number of hydrogen-bond acceptors (Lipinski definition) is 5. The molecule has 0 amide bonds. The Hall–Kier alpha value is -0.990. The smallest absolute Gasteiger partial charge is 0.243 e. The van der Waals surface area contributed by atoms with E-state index in [1.807, 2.05) is 6.92 Å². The van der Waals surface area contributed by atoms with Gasteiger partial charge < -0.3 is 5.73 Å². The van der Waals surface area contributed by atoms with E-state index in [1.54, 1.807) is 18.6 Å². The van der Waals surface area contributed by atoms with Gasteiger partial charge in [-0.3, -0.25) is 0 Å². The zero-order valence-corrected chi connectivity index (χ0v) is 14.1. The molecule has 0 saturated heterocycles. The van der Waals surface area contributed by atoms with Gasteiger partial charge in [-0.25, -0.2) is 13.4 Å². The quantitative estimate of drug-likeness (QED) is 0.902. The van der Waals surface area contributed by atoms with Gasteiger partial charge in [-0.15, -0.1) is 11.3 Å². The average molecular weight is 346 g/mol. The van der Waals surface area contributed by atoms with Gasteiger partial charge in [-0.05, 0) is 24.6 Å². The largest absolute Gasteiger partial charge is 0.326 e. The molecule has 21 heavy (non-hydrogen) atoms. The van der Waals surface area contributed by atoms with E-state index in [0.717, 1.165) is 16.1 Å². The van der Waals surface area contributed by atoms with Crippen LogP contribution >= 0.6 is 22.9 Å². The van der Waals surface area contributed by atoms with Crippen LogP contribution in [-0.2, 0) is 23.1 Å². The second-order valence-electron chi connectivity index (χ2n) is 4.58. The van der Waals surface area contributed by atoms with Crippen LogP contribution in [0.1, 0.15) is 16.1 Å². The predicted octanol–water partition coefficient (Wildman–Crippen LogP) is 2.38. The maximum atomic E-state index is 12.5. The van der Waals surface area contributed by atoms with Gasteiger partial charge in [-0.2, -0.15) is 4.31 Å². The predicted molar refractivity (Wildman–Crippen MR) is 84.8 cm³/mol. The molecule has 0 saturated carbocycles. The van der Waals surface area contributed by atoms with Crippen molar-refractivity contribution in [2.24, 2.45) is 5.73 Å². The molecule has 0 atom stereocenters. The van der Waals surface area contributed by atoms with Crippen LogP contribution in [0, 0.1) is 6.92 Å². The number of rotatable bonds is 5. The highest BCUT2D eigenvalue weighted by atomic mass is 35.5. The first-order valence-corrected chi connectivity index (χ1v) is 8.90. The highest BCUT2D eigenvalue weighted by Crippen LogP contribution is 2.24. The third kappa shape index (κ3) is 3.44. The average Bonchev–Trinajstić information content (AvgIpc) is 2.84. The molecule has 0 aliphatic carbocycles. The lowest BCUT2D eigenvalue weighted by atomic mass is 10.2. The van der Waals surface area contributed by atoms with E-state index in [-0.39, 0.29) is 18.0 Å². The standard InChI is InChI=1S/C13H16ClN3O2S2/c1-9-13(20-8-16-9)7-17(2)21(18,19)11-4-3-10(6-15)12(14)5-11/h3-5,8H,6-7,15H2,1-2H3. The minimum absolute atomic E-state index is 0.161. The molecule has 0 radical (unpaired) electrons. The fourth-order valence-electron chi connectivity index (χ4n) is 1.80. The van der Waals surface area contributed by atoms with Crippen LogP contribution in [0.3, 0.4) is 0 Å². The third-order valence-electron chi connectivity index (χ3n) is 3.16. The maximum absolute atomic E-state index is 12.5. The molecule has 8 heteroatoms. The molecule has 1 aromatic carbocycles. The molecule has 5 nitrogen and oxygen atoms in total. The summed E-state index contributed by atoms with van der Waals surface area (Å²) in [5.74, 6) is 0. The van der Waals surface area contributed by atoms with Crippen molar-refractivity contribution in [3.8, 4) is 0 Å². The fraction of sp³-hybridized carbons (Fsp3) is 0.308. The van der Waals surface area contributed by atoms with Crippen LogP contribution in [0.4, 0.5) is 0 Å². The van der Waals surface area contributed by atoms with E-state index < -0.39 is 10.0 Å². The first-order chi connectivity index (χ1) is 9.86. The lowest BCUT2D eigenvalue weighted by molar-refractivity contribution is 0.468. The number of sulfonamides is 1. The molecule has 0 unspecified atom stereocenters. The van der Waals surface area contributed by atoms with E-state index in [4.69, 9.17) is 17.3 Å². The van der Waals surface area contributed by atoms with Crippen molar-refractivity contribution in [2.75, 3.05) is 7.05 Å². The molecule has 0 bridgehead atoms. The van der Waals surface area contributed by atoms with E-state index in [9.17, 15) is 8.42 Å². The molecule has 2 aromatic rings. The number of hydrogen-bond donors (Lipinski definition) is 1. The Kier molecular flexibility index (Phi) is 5.00. The molecule has 0 fully saturated rings. The van der Waals surface area contributed by atoms with Gasteiger partial charge in [0.05, 0.1) is 16.1 Å². The number of thiazole rings is 1. The summed E-state index contributed by atoms with van der Waals surface area (Å²) in [5.41, 5.74) is 8.80. The van der Waals surface area contributed by atoms with Gasteiger partial charge in [0.2, 0.25) is 10.0 Å². The van der Waals surface area contributed by atoms with Gasteiger partial charge >= 0.3 is 0 Å². The van der Waals surface area contributed by atoms with Crippen molar-refractivity contribution in [1.29, 1.82) is 0 Å². The summed E-state index contributed by atoms with van der Waals surface area (Å²) in [6.45, 7) is 2.42. The SMILES string of the molecule is Cc1ncsc1CN(C)S(=O)(=O)c1ccc(CN)c(Cl)c1. The first-order valence-electron chi connectivity index (χ1n) is 6.20. The van der Waals surface area contributed by atoms with Gasteiger partial charge in [0, 0.05) is 30.0 Å². The lowest BCUT2D eigenvalue weighted by Crippen LogP contribution is -2.26. The Morgan fingerprint density at radius 3 is 2.67 bits per heavy atom. The number of aryl methyl sites for hydroxylation is 1. The Bertz CT molecular complexity index is 744. The number of nitrogens with zero attached hydrogens (tertiary/aromatic N) is 2. The normalized spacial score (nSPS) is 12.0. The molecule has 0 aliphatic rings. The lowest BCUT2D eigenvalue weighted by Gasteiger charge is -2.17. The Balaban J connectivity index is 2.29. The Labute approximate surface area is 133 Å². The third-order valence-corrected chi connectivity index (χ3v) is 6.23. The molecule has 1 aromatic heterocycles. The second-order valence-corrected chi connectivity index (χ2v) is 7.97. The number of halogens is 1. The van der Waals surface area contributed by atoms with Gasteiger partial charge in [0.15, 0.2) is 0 Å². The molecule has 2 rings (SSSR count). The summed E-state index contributed by atoms with van der Waals surface area (Å²) in [6.07, 6.45) is 0. The van der Waals surface area contributed by atoms with Crippen LogP contribution in [-0.4, -0.2) is 24.8 Å². The highest BCUT2D eigenvalue weighted by Gasteiger charge is 2.22. The van der Waals surface area contributed by atoms with E-state index >= 15 is 0 Å². The molecular weight excluding hydrogens is 330 g/mol. The zero-order valence-electron chi connectivity index (χ0n) is 11.7. The van der Waals surface area contributed by atoms with E-state index in [0.29, 0.717) is 5.02 Å². The minimum atomic E-state index is -3.59. The number of nitrogens with two attached hydrogens (primary N) is 1. The molecule has 0 spiro atoms. The Morgan fingerprint density at radius 2 is 2.14 bits per heavy atom. The summed E-state index contributed by atoms with van der Waals surface area (Å²) in [5, 5.41) is 0.362. The molecule has 1 heterocycles. The van der Waals surface area contributed by atoms with Gasteiger partial charge in [0.25, 0.3) is 0 Å². The Morgan fingerprint density at radius 1 is 1.43 bits per heavy atom. The second kappa shape index (κ2) is 6.41. The van der Waals surface area contributed by atoms with Crippen molar-refractivity contribution >= 4 is 33.0 Å².